The van der Waals surface area contributed by atoms with Crippen molar-refractivity contribution in [2.45, 2.75) is 6.42 Å². The van der Waals surface area contributed by atoms with Crippen LogP contribution in [-0.2, 0) is 7.05 Å². The van der Waals surface area contributed by atoms with Crippen LogP contribution in [0.5, 0.6) is 0 Å². The molecule has 1 fully saturated rings. The van der Waals surface area contributed by atoms with Crippen LogP contribution in [-0.4, -0.2) is 76.3 Å². The van der Waals surface area contributed by atoms with E-state index >= 15 is 4.39 Å². The van der Waals surface area contributed by atoms with Crippen molar-refractivity contribution >= 4 is 50.3 Å². The molecule has 0 unspecified atom stereocenters. The number of nitrogens with zero attached hydrogens (tertiary/aromatic N) is 5. The fraction of sp³-hybridized carbons (Fsp3) is 0.310. The van der Waals surface area contributed by atoms with E-state index in [0.717, 1.165) is 19.0 Å². The predicted octanol–water partition coefficient (Wildman–Crippen LogP) is 4.04. The van der Waals surface area contributed by atoms with Gasteiger partial charge in [-0.3, -0.25) is 4.79 Å². The van der Waals surface area contributed by atoms with Gasteiger partial charge in [0.05, 0.1) is 33.1 Å². The van der Waals surface area contributed by atoms with Crippen LogP contribution in [0, 0.1) is 17.6 Å². The molecule has 10 nitrogen and oxygen atoms in total. The van der Waals surface area contributed by atoms with Crippen LogP contribution in [0.25, 0.3) is 44.1 Å². The van der Waals surface area contributed by atoms with E-state index in [2.05, 4.69) is 30.1 Å². The quantitative estimate of drug-likeness (QED) is 0.284. The number of benzene rings is 1. The summed E-state index contributed by atoms with van der Waals surface area (Å²) in [5, 5.41) is 13.2. The highest BCUT2D eigenvalue weighted by molar-refractivity contribution is 6.18. The number of pyridine rings is 3. The smallest absolute Gasteiger partial charge is 0.341 e. The third kappa shape index (κ3) is 4.26. The summed E-state index contributed by atoms with van der Waals surface area (Å²) in [6.45, 7) is 2.23. The van der Waals surface area contributed by atoms with Gasteiger partial charge < -0.3 is 29.8 Å². The predicted molar refractivity (Wildman–Crippen MR) is 155 cm³/mol. The standard InChI is InChI=1S/C29H29F2N7O3/c1-32-20-8-19(30)23(31)21-22-25(38-6-5-14(12-38)11-36(2)3)17(10-33-27(22)35-24(20)21)15-7-16-26(39)18(29(40)41)13-37(4)28(16)34-9-15/h7-10,13-14,32H,5-6,11-12H2,1-4H3,(H,33,35)(H,40,41)/t14-/m0/s1. The van der Waals surface area contributed by atoms with E-state index in [1.807, 2.05) is 14.1 Å². The fourth-order valence-electron chi connectivity index (χ4n) is 6.04. The summed E-state index contributed by atoms with van der Waals surface area (Å²) in [6.07, 6.45) is 5.37. The summed E-state index contributed by atoms with van der Waals surface area (Å²) in [7, 11) is 7.29. The molecule has 0 amide bonds. The van der Waals surface area contributed by atoms with Crippen molar-refractivity contribution < 1.29 is 18.7 Å². The van der Waals surface area contributed by atoms with Crippen LogP contribution in [0.15, 0.2) is 35.5 Å². The second kappa shape index (κ2) is 9.81. The average Bonchev–Trinajstić information content (AvgIpc) is 3.56. The van der Waals surface area contributed by atoms with Gasteiger partial charge >= 0.3 is 5.97 Å². The zero-order valence-corrected chi connectivity index (χ0v) is 23.0. The molecule has 0 spiro atoms. The summed E-state index contributed by atoms with van der Waals surface area (Å²) >= 11 is 0. The van der Waals surface area contributed by atoms with E-state index in [0.29, 0.717) is 63.7 Å². The van der Waals surface area contributed by atoms with E-state index in [1.54, 1.807) is 32.6 Å². The van der Waals surface area contributed by atoms with Gasteiger partial charge in [-0.2, -0.15) is 0 Å². The summed E-state index contributed by atoms with van der Waals surface area (Å²) < 4.78 is 31.9. The Hall–Kier alpha value is -4.58. The molecule has 5 heterocycles. The van der Waals surface area contributed by atoms with Gasteiger partial charge in [0.25, 0.3) is 0 Å². The molecule has 1 aliphatic heterocycles. The molecular formula is C29H29F2N7O3. The number of hydrogen-bond donors (Lipinski definition) is 3. The van der Waals surface area contributed by atoms with Crippen LogP contribution in [0.3, 0.4) is 0 Å². The molecular weight excluding hydrogens is 532 g/mol. The van der Waals surface area contributed by atoms with Gasteiger partial charge in [0, 0.05) is 69.5 Å². The lowest BCUT2D eigenvalue weighted by Crippen LogP contribution is -2.26. The fourth-order valence-corrected chi connectivity index (χ4v) is 6.04. The molecule has 0 aliphatic carbocycles. The third-order valence-corrected chi connectivity index (χ3v) is 7.81. The monoisotopic (exact) mass is 561 g/mol. The maximum atomic E-state index is 15.6. The number of H-pyrrole nitrogens is 1. The number of fused-ring (bicyclic) bond motifs is 4. The van der Waals surface area contributed by atoms with Crippen LogP contribution < -0.4 is 15.6 Å². The number of rotatable bonds is 6. The van der Waals surface area contributed by atoms with Gasteiger partial charge in [-0.25, -0.2) is 23.5 Å². The van der Waals surface area contributed by atoms with Gasteiger partial charge in [-0.1, -0.05) is 0 Å². The summed E-state index contributed by atoms with van der Waals surface area (Å²) in [5.41, 5.74) is 2.24. The molecule has 5 aromatic rings. The molecule has 0 radical (unpaired) electrons. The highest BCUT2D eigenvalue weighted by atomic mass is 19.2. The minimum atomic E-state index is -1.33. The molecule has 3 N–H and O–H groups in total. The number of halogens is 2. The second-order valence-corrected chi connectivity index (χ2v) is 10.8. The molecule has 1 aromatic carbocycles. The van der Waals surface area contributed by atoms with Crippen LogP contribution in [0.1, 0.15) is 16.8 Å². The van der Waals surface area contributed by atoms with E-state index in [1.165, 1.54) is 10.8 Å². The Morgan fingerprint density at radius 3 is 2.71 bits per heavy atom. The van der Waals surface area contributed by atoms with Crippen molar-refractivity contribution in [2.24, 2.45) is 13.0 Å². The largest absolute Gasteiger partial charge is 0.477 e. The third-order valence-electron chi connectivity index (χ3n) is 7.81. The summed E-state index contributed by atoms with van der Waals surface area (Å²) in [4.78, 5) is 41.4. The first kappa shape index (κ1) is 26.6. The molecule has 1 aliphatic rings. The van der Waals surface area contributed by atoms with Crippen molar-refractivity contribution in [3.05, 3.63) is 58.1 Å². The maximum Gasteiger partial charge on any atom is 0.341 e. The zero-order chi connectivity index (χ0) is 29.2. The number of carbonyl (C=O) groups is 1. The van der Waals surface area contributed by atoms with Gasteiger partial charge in [0.15, 0.2) is 11.6 Å². The van der Waals surface area contributed by atoms with Crippen LogP contribution in [0.2, 0.25) is 0 Å². The Morgan fingerprint density at radius 1 is 1.22 bits per heavy atom. The van der Waals surface area contributed by atoms with Crippen molar-refractivity contribution in [1.82, 2.24) is 24.4 Å². The zero-order valence-electron chi connectivity index (χ0n) is 23.0. The normalized spacial score (nSPS) is 15.6. The highest BCUT2D eigenvalue weighted by Crippen LogP contribution is 2.44. The molecule has 41 heavy (non-hydrogen) atoms. The Labute approximate surface area is 233 Å². The van der Waals surface area contributed by atoms with Gasteiger partial charge in [0.1, 0.15) is 16.9 Å². The van der Waals surface area contributed by atoms with Crippen LogP contribution >= 0.6 is 0 Å². The molecule has 12 heteroatoms. The highest BCUT2D eigenvalue weighted by Gasteiger charge is 2.30. The van der Waals surface area contributed by atoms with E-state index in [-0.39, 0.29) is 16.3 Å². The Kier molecular flexibility index (Phi) is 6.37. The first-order valence-corrected chi connectivity index (χ1v) is 13.2. The minimum Gasteiger partial charge on any atom is -0.477 e. The van der Waals surface area contributed by atoms with Crippen molar-refractivity contribution in [3.63, 3.8) is 0 Å². The molecule has 4 aromatic heterocycles. The van der Waals surface area contributed by atoms with Crippen molar-refractivity contribution in [3.8, 4) is 11.1 Å². The molecule has 0 saturated carbocycles. The van der Waals surface area contributed by atoms with Crippen LogP contribution in [0.4, 0.5) is 20.2 Å². The lowest BCUT2D eigenvalue weighted by molar-refractivity contribution is 0.0695. The van der Waals surface area contributed by atoms with E-state index < -0.39 is 23.0 Å². The number of aromatic nitrogens is 4. The van der Waals surface area contributed by atoms with Crippen molar-refractivity contribution in [1.29, 1.82) is 0 Å². The minimum absolute atomic E-state index is 0.0857. The average molecular weight is 562 g/mol. The number of carboxylic acid groups (broad SMARTS) is 1. The molecule has 0 bridgehead atoms. The molecule has 1 atom stereocenters. The molecule has 1 saturated heterocycles. The second-order valence-electron chi connectivity index (χ2n) is 10.8. The Balaban J connectivity index is 1.67. The van der Waals surface area contributed by atoms with E-state index in [9.17, 15) is 19.1 Å². The Bertz CT molecular complexity index is 1930. The molecule has 6 rings (SSSR count). The summed E-state index contributed by atoms with van der Waals surface area (Å²) in [5.74, 6) is -2.95. The number of aromatic amines is 1. The lowest BCUT2D eigenvalue weighted by atomic mass is 10.0. The Morgan fingerprint density at radius 2 is 2.00 bits per heavy atom. The van der Waals surface area contributed by atoms with Gasteiger partial charge in [-0.05, 0) is 32.5 Å². The molecule has 212 valence electrons. The first-order chi connectivity index (χ1) is 19.6. The lowest BCUT2D eigenvalue weighted by Gasteiger charge is -2.24. The SMILES string of the molecule is CNc1cc(F)c(F)c2c1[nH]c1ncc(-c3cnc4c(c3)c(=O)c(C(=O)O)cn4C)c(N3CC[C@@H](CN(C)C)C3)c12. The number of hydrogen-bond acceptors (Lipinski definition) is 7. The number of nitrogens with one attached hydrogen (secondary N) is 2. The number of anilines is 2. The van der Waals surface area contributed by atoms with Gasteiger partial charge in [-0.15, -0.1) is 0 Å². The van der Waals surface area contributed by atoms with E-state index in [4.69, 9.17) is 0 Å². The number of aromatic carboxylic acids is 1. The summed E-state index contributed by atoms with van der Waals surface area (Å²) in [6, 6.07) is 2.71. The van der Waals surface area contributed by atoms with Gasteiger partial charge in [0.2, 0.25) is 5.43 Å². The number of aryl methyl sites for hydroxylation is 1. The first-order valence-electron chi connectivity index (χ1n) is 13.2. The maximum absolute atomic E-state index is 15.6. The van der Waals surface area contributed by atoms with Crippen molar-refractivity contribution in [2.75, 3.05) is 51.0 Å². The number of carboxylic acids is 1. The topological polar surface area (TPSA) is 119 Å².